The van der Waals surface area contributed by atoms with Crippen LogP contribution in [-0.2, 0) is 33.4 Å². The molecule has 54 heavy (non-hydrogen) atoms. The van der Waals surface area contributed by atoms with Crippen LogP contribution < -0.4 is 32.7 Å². The lowest BCUT2D eigenvalue weighted by Crippen LogP contribution is -2.62. The lowest BCUT2D eigenvalue weighted by molar-refractivity contribution is -0.147. The second-order valence-electron chi connectivity index (χ2n) is 17.1. The van der Waals surface area contributed by atoms with Crippen LogP contribution in [0.25, 0.3) is 0 Å². The lowest BCUT2D eigenvalue weighted by atomic mass is 9.51. The highest BCUT2D eigenvalue weighted by Crippen LogP contribution is 2.60. The van der Waals surface area contributed by atoms with Gasteiger partial charge in [0.2, 0.25) is 29.5 Å². The van der Waals surface area contributed by atoms with Crippen molar-refractivity contribution in [2.24, 2.45) is 34.6 Å². The summed E-state index contributed by atoms with van der Waals surface area (Å²) in [5.74, 6) is -2.69. The Balaban J connectivity index is 1.43. The number of nitrogens with zero attached hydrogens (tertiary/aromatic N) is 1. The van der Waals surface area contributed by atoms with Gasteiger partial charge in [0.1, 0.15) is 24.2 Å². The normalized spacial score (nSPS) is 35.6. The van der Waals surface area contributed by atoms with E-state index >= 15 is 0 Å². The summed E-state index contributed by atoms with van der Waals surface area (Å²) < 4.78 is 12.5. The van der Waals surface area contributed by atoms with E-state index in [2.05, 4.69) is 21.3 Å². The van der Waals surface area contributed by atoms with Gasteiger partial charge < -0.3 is 47.1 Å². The summed E-state index contributed by atoms with van der Waals surface area (Å²) in [5, 5.41) is 11.5. The third kappa shape index (κ3) is 10.6. The average Bonchev–Trinajstić information content (AvgIpc) is 3.38. The van der Waals surface area contributed by atoms with Gasteiger partial charge in [-0.15, -0.1) is 0 Å². The van der Waals surface area contributed by atoms with E-state index in [0.717, 1.165) is 51.4 Å². The van der Waals surface area contributed by atoms with Crippen molar-refractivity contribution in [3.05, 3.63) is 12.2 Å². The number of hydrogen-bond donors (Lipinski definition) is 6. The van der Waals surface area contributed by atoms with E-state index in [4.69, 9.17) is 20.9 Å². The molecule has 0 aromatic carbocycles. The summed E-state index contributed by atoms with van der Waals surface area (Å²) in [6.45, 7) is 5.26. The van der Waals surface area contributed by atoms with Crippen LogP contribution in [-0.4, -0.2) is 110 Å². The zero-order chi connectivity index (χ0) is 39.0. The molecule has 4 saturated carbocycles. The van der Waals surface area contributed by atoms with Crippen molar-refractivity contribution in [3.8, 4) is 0 Å². The number of amides is 5. The molecule has 5 fully saturated rings. The standard InChI is InChI=1S/C40H67N7O7/c1-5-11-32-37(50)46-34(27-12-8-6-7-9-13-27)38(51)44-30(21-41)35(48)45-31(23-53-29-17-28(42)18-29)36(49)43-24(2)22-54-33(25(3)39(52)47(32)4)16-26-19-40(20-26)14-10-15-40/h5,11,24-34H,6-10,12-23,41-42H2,1-4H3,(H,43,49)(H,44,51)(H,45,48)(H,46,50)/b11-5+/t24-,25-,28-,29-,30+,31+,32+,33-,34+/m1/s1. The van der Waals surface area contributed by atoms with E-state index in [1.54, 1.807) is 26.1 Å². The van der Waals surface area contributed by atoms with E-state index in [1.165, 1.54) is 24.2 Å². The van der Waals surface area contributed by atoms with E-state index < -0.39 is 65.9 Å². The zero-order valence-corrected chi connectivity index (χ0v) is 33.0. The van der Waals surface area contributed by atoms with Gasteiger partial charge >= 0.3 is 0 Å². The van der Waals surface area contributed by atoms with Gasteiger partial charge in [0.25, 0.3) is 0 Å². The number of nitrogens with two attached hydrogens (primary N) is 2. The first-order chi connectivity index (χ1) is 25.8. The largest absolute Gasteiger partial charge is 0.375 e. The summed E-state index contributed by atoms with van der Waals surface area (Å²) in [4.78, 5) is 71.5. The predicted molar refractivity (Wildman–Crippen MR) is 204 cm³/mol. The topological polar surface area (TPSA) is 207 Å². The summed E-state index contributed by atoms with van der Waals surface area (Å²) in [5.41, 5.74) is 12.5. The molecule has 1 heterocycles. The van der Waals surface area contributed by atoms with Crippen LogP contribution in [0.4, 0.5) is 0 Å². The molecule has 8 N–H and O–H groups in total. The Bertz CT molecular complexity index is 1340. The molecule has 5 rings (SSSR count). The molecule has 1 aliphatic heterocycles. The first-order valence-corrected chi connectivity index (χ1v) is 20.6. The molecule has 0 radical (unpaired) electrons. The highest BCUT2D eigenvalue weighted by atomic mass is 16.5. The minimum absolute atomic E-state index is 0.0401. The lowest BCUT2D eigenvalue weighted by Gasteiger charge is -2.55. The first kappa shape index (κ1) is 42.1. The van der Waals surface area contributed by atoms with Gasteiger partial charge in [0.15, 0.2) is 0 Å². The van der Waals surface area contributed by atoms with Crippen LogP contribution >= 0.6 is 0 Å². The van der Waals surface area contributed by atoms with Gasteiger partial charge in [-0.05, 0) is 88.9 Å². The van der Waals surface area contributed by atoms with Crippen molar-refractivity contribution in [1.82, 2.24) is 26.2 Å². The number of carbonyl (C=O) groups is 5. The quantitative estimate of drug-likeness (QED) is 0.157. The Morgan fingerprint density at radius 2 is 1.52 bits per heavy atom. The highest BCUT2D eigenvalue weighted by Gasteiger charge is 2.49. The zero-order valence-electron chi connectivity index (χ0n) is 33.0. The molecule has 4 aliphatic carbocycles. The third-order valence-electron chi connectivity index (χ3n) is 12.8. The maximum absolute atomic E-state index is 14.3. The van der Waals surface area contributed by atoms with Gasteiger partial charge in [-0.2, -0.15) is 0 Å². The van der Waals surface area contributed by atoms with Crippen molar-refractivity contribution < 1.29 is 33.4 Å². The van der Waals surface area contributed by atoms with E-state index in [0.29, 0.717) is 30.6 Å². The number of allylic oxidation sites excluding steroid dienone is 1. The molecule has 5 amide bonds. The number of rotatable bonds is 8. The van der Waals surface area contributed by atoms with Crippen molar-refractivity contribution in [1.29, 1.82) is 0 Å². The molecule has 0 unspecified atom stereocenters. The summed E-state index contributed by atoms with van der Waals surface area (Å²) in [6, 6.07) is -4.63. The van der Waals surface area contributed by atoms with Crippen LogP contribution in [0.5, 0.6) is 0 Å². The second-order valence-corrected chi connectivity index (χ2v) is 17.1. The van der Waals surface area contributed by atoms with Gasteiger partial charge in [-0.3, -0.25) is 24.0 Å². The van der Waals surface area contributed by atoms with Crippen LogP contribution in [0.2, 0.25) is 0 Å². The Morgan fingerprint density at radius 1 is 0.870 bits per heavy atom. The third-order valence-corrected chi connectivity index (χ3v) is 12.8. The molecular formula is C40H67N7O7. The molecule has 304 valence electrons. The minimum atomic E-state index is -1.18. The predicted octanol–water partition coefficient (Wildman–Crippen LogP) is 1.79. The Morgan fingerprint density at radius 3 is 2.11 bits per heavy atom. The minimum Gasteiger partial charge on any atom is -0.375 e. The van der Waals surface area contributed by atoms with E-state index in [9.17, 15) is 24.0 Å². The summed E-state index contributed by atoms with van der Waals surface area (Å²) >= 11 is 0. The molecule has 0 aromatic rings. The van der Waals surface area contributed by atoms with Gasteiger partial charge in [-0.25, -0.2) is 0 Å². The Hall–Kier alpha value is -3.07. The fourth-order valence-corrected chi connectivity index (χ4v) is 9.21. The smallest absolute Gasteiger partial charge is 0.247 e. The number of carbonyl (C=O) groups excluding carboxylic acids is 5. The van der Waals surface area contributed by atoms with Crippen LogP contribution in [0.3, 0.4) is 0 Å². The number of nitrogens with one attached hydrogen (secondary N) is 4. The Kier molecular flexibility index (Phi) is 15.0. The van der Waals surface area contributed by atoms with E-state index in [-0.39, 0.29) is 43.7 Å². The number of hydrogen-bond acceptors (Lipinski definition) is 9. The van der Waals surface area contributed by atoms with Crippen LogP contribution in [0.1, 0.15) is 111 Å². The van der Waals surface area contributed by atoms with Crippen molar-refractivity contribution in [2.75, 3.05) is 26.8 Å². The van der Waals surface area contributed by atoms with E-state index in [1.807, 2.05) is 13.8 Å². The summed E-state index contributed by atoms with van der Waals surface area (Å²) in [6.07, 6.45) is 16.2. The van der Waals surface area contributed by atoms with Gasteiger partial charge in [0.05, 0.1) is 31.3 Å². The fraction of sp³-hybridized carbons (Fsp3) is 0.825. The molecule has 1 spiro atoms. The molecule has 5 aliphatic rings. The summed E-state index contributed by atoms with van der Waals surface area (Å²) in [7, 11) is 1.62. The number of ether oxygens (including phenoxy) is 2. The maximum Gasteiger partial charge on any atom is 0.247 e. The molecule has 14 nitrogen and oxygen atoms in total. The first-order valence-electron chi connectivity index (χ1n) is 20.6. The van der Waals surface area contributed by atoms with Crippen molar-refractivity contribution >= 4 is 29.5 Å². The van der Waals surface area contributed by atoms with Crippen molar-refractivity contribution in [3.63, 3.8) is 0 Å². The monoisotopic (exact) mass is 758 g/mol. The van der Waals surface area contributed by atoms with Crippen LogP contribution in [0.15, 0.2) is 12.2 Å². The molecule has 0 aromatic heterocycles. The molecule has 1 saturated heterocycles. The molecule has 0 bridgehead atoms. The second kappa shape index (κ2) is 19.2. The van der Waals surface area contributed by atoms with Gasteiger partial charge in [0, 0.05) is 25.7 Å². The molecule has 14 heteroatoms. The van der Waals surface area contributed by atoms with Gasteiger partial charge in [-0.1, -0.05) is 51.2 Å². The fourth-order valence-electron chi connectivity index (χ4n) is 9.21. The molecular weight excluding hydrogens is 690 g/mol. The number of likely N-dealkylation sites (N-methyl/N-ethyl adjacent to an activating group) is 1. The molecule has 7 atom stereocenters. The highest BCUT2D eigenvalue weighted by molar-refractivity contribution is 5.96. The maximum atomic E-state index is 14.3. The average molecular weight is 758 g/mol. The van der Waals surface area contributed by atoms with Crippen LogP contribution in [0, 0.1) is 23.2 Å². The Labute approximate surface area is 321 Å². The van der Waals surface area contributed by atoms with Crippen molar-refractivity contribution in [2.45, 2.75) is 159 Å². The SMILES string of the molecule is C/C=C/[C@H]1C(=O)N[C@@H](C2CCCCCC2)C(=O)N[C@@H](CN)C(=O)N[C@@H](CO[C@H]2C[C@H](N)C2)C(=O)N[C@H](C)CO[C@H](CC2CC3(CCC3)C2)[C@@H](C)C(=O)N1C.